The van der Waals surface area contributed by atoms with E-state index >= 15 is 0 Å². The van der Waals surface area contributed by atoms with Crippen LogP contribution in [0.15, 0.2) is 22.6 Å². The average Bonchev–Trinajstić information content (AvgIpc) is 2.71. The summed E-state index contributed by atoms with van der Waals surface area (Å²) in [7, 11) is 2.09. The lowest BCUT2D eigenvalue weighted by atomic mass is 10.0. The predicted molar refractivity (Wildman–Crippen MR) is 90.2 cm³/mol. The first-order valence-electron chi connectivity index (χ1n) is 7.72. The minimum absolute atomic E-state index is 0.135. The standard InChI is InChI=1S/C18H20ClNO2/c1-3-4-12(21)5-7-16-14-11-20(2)10-9-13-15(19)6-8-17(22-16)18(13)14/h5-8H,3-4,9-11H2,1-2H3/b7-5+. The van der Waals surface area contributed by atoms with Gasteiger partial charge in [-0.2, -0.15) is 0 Å². The van der Waals surface area contributed by atoms with E-state index in [9.17, 15) is 4.79 Å². The summed E-state index contributed by atoms with van der Waals surface area (Å²) in [6.45, 7) is 3.78. The molecular formula is C18H20ClNO2. The highest BCUT2D eigenvalue weighted by Gasteiger charge is 2.22. The largest absolute Gasteiger partial charge is 0.456 e. The van der Waals surface area contributed by atoms with Crippen molar-refractivity contribution in [2.24, 2.45) is 0 Å². The number of hydrogen-bond donors (Lipinski definition) is 0. The van der Waals surface area contributed by atoms with Crippen LogP contribution in [-0.4, -0.2) is 24.3 Å². The Morgan fingerprint density at radius 1 is 1.41 bits per heavy atom. The summed E-state index contributed by atoms with van der Waals surface area (Å²) in [6, 6.07) is 3.81. The van der Waals surface area contributed by atoms with Crippen molar-refractivity contribution in [3.05, 3.63) is 40.1 Å². The molecule has 0 spiro atoms. The maximum Gasteiger partial charge on any atom is 0.155 e. The molecule has 3 rings (SSSR count). The van der Waals surface area contributed by atoms with Crippen molar-refractivity contribution in [1.82, 2.24) is 4.90 Å². The van der Waals surface area contributed by atoms with Crippen molar-refractivity contribution in [3.63, 3.8) is 0 Å². The summed E-state index contributed by atoms with van der Waals surface area (Å²) in [5, 5.41) is 1.92. The van der Waals surface area contributed by atoms with Gasteiger partial charge in [0, 0.05) is 35.5 Å². The first kappa shape index (κ1) is 15.3. The second kappa shape index (κ2) is 6.27. The highest BCUT2D eigenvalue weighted by molar-refractivity contribution is 6.32. The number of allylic oxidation sites excluding steroid dienone is 1. The van der Waals surface area contributed by atoms with Gasteiger partial charge in [-0.05, 0) is 49.7 Å². The number of furan rings is 1. The van der Waals surface area contributed by atoms with E-state index in [1.54, 1.807) is 6.08 Å². The zero-order valence-electron chi connectivity index (χ0n) is 13.0. The zero-order valence-corrected chi connectivity index (χ0v) is 13.7. The third-order valence-corrected chi connectivity index (χ3v) is 4.48. The molecule has 0 bridgehead atoms. The molecule has 0 fully saturated rings. The lowest BCUT2D eigenvalue weighted by Gasteiger charge is -2.12. The molecule has 2 aromatic rings. The van der Waals surface area contributed by atoms with Crippen LogP contribution in [0.3, 0.4) is 0 Å². The first-order valence-corrected chi connectivity index (χ1v) is 8.10. The third-order valence-electron chi connectivity index (χ3n) is 4.13. The SMILES string of the molecule is CCCC(=O)/C=C/c1oc2ccc(Cl)c3c2c1CN(C)CC3. The number of likely N-dealkylation sites (N-methyl/N-ethyl adjacent to an activating group) is 1. The van der Waals surface area contributed by atoms with Crippen LogP contribution in [0.25, 0.3) is 17.0 Å². The Morgan fingerprint density at radius 2 is 2.23 bits per heavy atom. The normalized spacial score (nSPS) is 15.6. The van der Waals surface area contributed by atoms with E-state index in [-0.39, 0.29) is 5.78 Å². The number of rotatable bonds is 4. The highest BCUT2D eigenvalue weighted by atomic mass is 35.5. The minimum Gasteiger partial charge on any atom is -0.456 e. The van der Waals surface area contributed by atoms with Gasteiger partial charge in [0.05, 0.1) is 0 Å². The first-order chi connectivity index (χ1) is 10.6. The Bertz CT molecular complexity index is 745. The molecule has 0 amide bonds. The lowest BCUT2D eigenvalue weighted by molar-refractivity contribution is -0.114. The number of benzene rings is 1. The molecule has 1 aromatic heterocycles. The van der Waals surface area contributed by atoms with Gasteiger partial charge < -0.3 is 9.32 Å². The van der Waals surface area contributed by atoms with E-state index < -0.39 is 0 Å². The molecule has 3 nitrogen and oxygen atoms in total. The molecule has 0 saturated heterocycles. The molecule has 116 valence electrons. The van der Waals surface area contributed by atoms with Gasteiger partial charge in [0.25, 0.3) is 0 Å². The van der Waals surface area contributed by atoms with Crippen molar-refractivity contribution in [2.45, 2.75) is 32.7 Å². The maximum absolute atomic E-state index is 11.7. The van der Waals surface area contributed by atoms with Crippen molar-refractivity contribution in [1.29, 1.82) is 0 Å². The molecule has 0 radical (unpaired) electrons. The molecule has 0 unspecified atom stereocenters. The van der Waals surface area contributed by atoms with E-state index in [2.05, 4.69) is 11.9 Å². The van der Waals surface area contributed by atoms with E-state index in [4.69, 9.17) is 16.0 Å². The molecule has 0 atom stereocenters. The van der Waals surface area contributed by atoms with Gasteiger partial charge in [0.2, 0.25) is 0 Å². The van der Waals surface area contributed by atoms with Crippen LogP contribution in [0, 0.1) is 0 Å². The highest BCUT2D eigenvalue weighted by Crippen LogP contribution is 2.36. The van der Waals surface area contributed by atoms with Crippen molar-refractivity contribution >= 4 is 34.4 Å². The number of hydrogen-bond acceptors (Lipinski definition) is 3. The Labute approximate surface area is 135 Å². The summed E-state index contributed by atoms with van der Waals surface area (Å²) in [6.07, 6.45) is 5.78. The van der Waals surface area contributed by atoms with Gasteiger partial charge in [0.15, 0.2) is 5.78 Å². The fraction of sp³-hybridized carbons (Fsp3) is 0.389. The molecule has 1 aliphatic heterocycles. The van der Waals surface area contributed by atoms with Crippen LogP contribution in [-0.2, 0) is 17.8 Å². The summed E-state index contributed by atoms with van der Waals surface area (Å²) in [5.41, 5.74) is 3.14. The van der Waals surface area contributed by atoms with Crippen molar-refractivity contribution in [2.75, 3.05) is 13.6 Å². The van der Waals surface area contributed by atoms with Gasteiger partial charge in [-0.1, -0.05) is 18.5 Å². The molecule has 1 aromatic carbocycles. The van der Waals surface area contributed by atoms with Crippen LogP contribution < -0.4 is 0 Å². The van der Waals surface area contributed by atoms with Gasteiger partial charge in [-0.3, -0.25) is 4.79 Å². The van der Waals surface area contributed by atoms with Gasteiger partial charge in [0.1, 0.15) is 11.3 Å². The molecule has 2 heterocycles. The monoisotopic (exact) mass is 317 g/mol. The quantitative estimate of drug-likeness (QED) is 0.781. The Hall–Kier alpha value is -1.58. The minimum atomic E-state index is 0.135. The molecule has 0 saturated carbocycles. The molecule has 1 aliphatic rings. The fourth-order valence-corrected chi connectivity index (χ4v) is 3.26. The van der Waals surface area contributed by atoms with Crippen LogP contribution in [0.2, 0.25) is 5.02 Å². The lowest BCUT2D eigenvalue weighted by Crippen LogP contribution is -2.18. The van der Waals surface area contributed by atoms with E-state index in [0.29, 0.717) is 6.42 Å². The number of ketones is 1. The number of halogens is 1. The summed E-state index contributed by atoms with van der Waals surface area (Å²) in [4.78, 5) is 14.0. The van der Waals surface area contributed by atoms with Crippen LogP contribution in [0.5, 0.6) is 0 Å². The van der Waals surface area contributed by atoms with Gasteiger partial charge >= 0.3 is 0 Å². The second-order valence-corrected chi connectivity index (χ2v) is 6.29. The molecular weight excluding hydrogens is 298 g/mol. The smallest absolute Gasteiger partial charge is 0.155 e. The fourth-order valence-electron chi connectivity index (χ4n) is 3.01. The molecule has 4 heteroatoms. The van der Waals surface area contributed by atoms with Gasteiger partial charge in [-0.25, -0.2) is 0 Å². The predicted octanol–water partition coefficient (Wildman–Crippen LogP) is 4.46. The summed E-state index contributed by atoms with van der Waals surface area (Å²) >= 11 is 6.38. The van der Waals surface area contributed by atoms with E-state index in [0.717, 1.165) is 58.8 Å². The maximum atomic E-state index is 11.7. The van der Waals surface area contributed by atoms with E-state index in [1.165, 1.54) is 0 Å². The Balaban J connectivity index is 2.10. The van der Waals surface area contributed by atoms with Gasteiger partial charge in [-0.15, -0.1) is 0 Å². The number of carbonyl (C=O) groups is 1. The molecule has 22 heavy (non-hydrogen) atoms. The topological polar surface area (TPSA) is 33.5 Å². The molecule has 0 aliphatic carbocycles. The number of nitrogens with zero attached hydrogens (tertiary/aromatic N) is 1. The zero-order chi connectivity index (χ0) is 15.7. The van der Waals surface area contributed by atoms with Crippen molar-refractivity contribution < 1.29 is 9.21 Å². The van der Waals surface area contributed by atoms with Crippen LogP contribution in [0.1, 0.15) is 36.7 Å². The van der Waals surface area contributed by atoms with E-state index in [1.807, 2.05) is 25.1 Å². The van der Waals surface area contributed by atoms with Crippen LogP contribution >= 0.6 is 11.6 Å². The van der Waals surface area contributed by atoms with Crippen LogP contribution in [0.4, 0.5) is 0 Å². The summed E-state index contributed by atoms with van der Waals surface area (Å²) in [5.74, 6) is 0.909. The second-order valence-electron chi connectivity index (χ2n) is 5.88. The Morgan fingerprint density at radius 3 is 3.00 bits per heavy atom. The Kier molecular flexibility index (Phi) is 4.37. The summed E-state index contributed by atoms with van der Waals surface area (Å²) < 4.78 is 5.97. The molecule has 0 N–H and O–H groups in total. The van der Waals surface area contributed by atoms with Crippen molar-refractivity contribution in [3.8, 4) is 0 Å². The number of carbonyl (C=O) groups excluding carboxylic acids is 1. The third kappa shape index (κ3) is 2.83. The average molecular weight is 318 g/mol.